The van der Waals surface area contributed by atoms with Crippen molar-refractivity contribution in [2.24, 2.45) is 28.7 Å². The highest BCUT2D eigenvalue weighted by Gasteiger charge is 2.61. The number of fused-ring (bicyclic) bond motifs is 5. The minimum Gasteiger partial charge on any atom is -0.458 e. The lowest BCUT2D eigenvalue weighted by Gasteiger charge is -2.47. The highest BCUT2D eigenvalue weighted by Crippen LogP contribution is 2.43. The molecule has 16 heteroatoms. The van der Waals surface area contributed by atoms with Crippen molar-refractivity contribution in [3.63, 3.8) is 0 Å². The Balaban J connectivity index is 1.49. The summed E-state index contributed by atoms with van der Waals surface area (Å²) in [5.74, 6) is -5.96. The Kier molecular flexibility index (Phi) is 13.4. The smallest absolute Gasteiger partial charge is 0.411 e. The average Bonchev–Trinajstić information content (AvgIpc) is 3.46. The van der Waals surface area contributed by atoms with Crippen LogP contribution in [0.2, 0.25) is 0 Å². The molecule has 13 atom stereocenters. The molecule has 0 aliphatic carbocycles. The number of alkyl carbamates (subject to hydrolysis) is 1. The van der Waals surface area contributed by atoms with Gasteiger partial charge in [-0.25, -0.2) is 9.59 Å². The molecule has 4 aliphatic heterocycles. The molecule has 0 unspecified atom stereocenters. The van der Waals surface area contributed by atoms with E-state index in [2.05, 4.69) is 10.3 Å². The zero-order valence-corrected chi connectivity index (χ0v) is 36.4. The molecule has 0 saturated carbocycles. The summed E-state index contributed by atoms with van der Waals surface area (Å²) in [4.78, 5) is 84.3. The highest BCUT2D eigenvalue weighted by molar-refractivity contribution is 6.00. The predicted octanol–water partition coefficient (Wildman–Crippen LogP) is 4.47. The number of benzene rings is 1. The van der Waals surface area contributed by atoms with Crippen molar-refractivity contribution >= 4 is 46.3 Å². The summed E-state index contributed by atoms with van der Waals surface area (Å²) in [6.45, 7) is 13.1. The fraction of sp³-hybridized carbons (Fsp3) is 0.659. The van der Waals surface area contributed by atoms with Gasteiger partial charge in [-0.2, -0.15) is 0 Å². The third-order valence-corrected chi connectivity index (χ3v) is 12.9. The number of carbonyl (C=O) groups excluding carboxylic acids is 5. The van der Waals surface area contributed by atoms with Gasteiger partial charge in [-0.15, -0.1) is 0 Å². The quantitative estimate of drug-likeness (QED) is 0.235. The third kappa shape index (κ3) is 8.93. The standard InChI is InChI=1S/C44H61N5O11/c1-11-33-44(8)37-25(4)34(50)23(2)18-43(7,38(26(5)35(51)27(6)39(53)57-33)58-40-36(52)32(48(9)10)16-24(3)56-40)59-41(54)47-21-30(22-49(37)42(55)60-44)45-19-28-17-29-14-12-13-15-31(29)46-20-28/h12-15,17,20,23-27,32-33,36-38,40,52H,11,16,18-19,21-22H2,1-10H3,(H,47,54)/t23-,24-,25+,26+,27-,32+,33-,36-,37+,38-,40+,43-,44-/m1/s1. The van der Waals surface area contributed by atoms with Gasteiger partial charge in [0.2, 0.25) is 0 Å². The number of para-hydroxylation sites is 1. The van der Waals surface area contributed by atoms with Crippen LogP contribution >= 0.6 is 0 Å². The molecule has 4 saturated heterocycles. The number of Topliss-reactive ketones (excluding diaryl/α,β-unsaturated/α-hetero) is 2. The number of aliphatic imine (C=N–C) groups is 1. The molecule has 4 aliphatic rings. The normalized spacial score (nSPS) is 37.9. The van der Waals surface area contributed by atoms with Gasteiger partial charge in [0.25, 0.3) is 0 Å². The van der Waals surface area contributed by atoms with Crippen molar-refractivity contribution in [1.29, 1.82) is 0 Å². The van der Waals surface area contributed by atoms with Gasteiger partial charge in [-0.3, -0.25) is 29.3 Å². The zero-order chi connectivity index (χ0) is 43.8. The molecule has 60 heavy (non-hydrogen) atoms. The number of likely N-dealkylation sites (N-methyl/N-ethyl adjacent to an activating group) is 1. The van der Waals surface area contributed by atoms with Crippen LogP contribution < -0.4 is 5.32 Å². The molecule has 2 aromatic rings. The number of aromatic nitrogens is 1. The largest absolute Gasteiger partial charge is 0.458 e. The average molecular weight is 836 g/mol. The second kappa shape index (κ2) is 17.8. The van der Waals surface area contributed by atoms with Crippen LogP contribution in [0.15, 0.2) is 41.5 Å². The van der Waals surface area contributed by atoms with Crippen LogP contribution in [0.3, 0.4) is 0 Å². The first kappa shape index (κ1) is 45.0. The number of hydrogen-bond donors (Lipinski definition) is 2. The number of nitrogens with zero attached hydrogens (tertiary/aromatic N) is 4. The van der Waals surface area contributed by atoms with Gasteiger partial charge in [-0.05, 0) is 78.7 Å². The van der Waals surface area contributed by atoms with Crippen LogP contribution in [0, 0.1) is 23.7 Å². The first-order chi connectivity index (χ1) is 28.3. The van der Waals surface area contributed by atoms with Crippen molar-refractivity contribution < 1.29 is 52.8 Å². The Morgan fingerprint density at radius 3 is 2.43 bits per heavy atom. The first-order valence-corrected chi connectivity index (χ1v) is 21.0. The van der Waals surface area contributed by atoms with E-state index in [0.29, 0.717) is 12.1 Å². The minimum atomic E-state index is -1.74. The molecular formula is C44H61N5O11. The number of rotatable bonds is 6. The number of hydrogen-bond acceptors (Lipinski definition) is 14. The van der Waals surface area contributed by atoms with Gasteiger partial charge in [0.1, 0.15) is 35.6 Å². The first-order valence-electron chi connectivity index (χ1n) is 21.0. The number of aliphatic hydroxyl groups is 1. The molecule has 6 rings (SSSR count). The van der Waals surface area contributed by atoms with E-state index in [9.17, 15) is 29.1 Å². The molecule has 2 amide bonds. The molecule has 16 nitrogen and oxygen atoms in total. The number of nitrogens with one attached hydrogen (secondary N) is 1. The molecule has 0 spiro atoms. The van der Waals surface area contributed by atoms with Crippen molar-refractivity contribution in [2.75, 3.05) is 27.2 Å². The molecule has 328 valence electrons. The van der Waals surface area contributed by atoms with E-state index in [4.69, 9.17) is 28.7 Å². The maximum absolute atomic E-state index is 14.8. The number of cyclic esters (lactones) is 1. The van der Waals surface area contributed by atoms with E-state index in [1.807, 2.05) is 56.3 Å². The van der Waals surface area contributed by atoms with Crippen LogP contribution in [0.1, 0.15) is 80.2 Å². The van der Waals surface area contributed by atoms with Gasteiger partial charge in [0, 0.05) is 35.4 Å². The topological polar surface area (TPSA) is 195 Å². The van der Waals surface area contributed by atoms with Crippen LogP contribution in [-0.2, 0) is 44.6 Å². The van der Waals surface area contributed by atoms with Crippen molar-refractivity contribution in [3.05, 3.63) is 42.1 Å². The number of ketones is 2. The van der Waals surface area contributed by atoms with Crippen LogP contribution in [0.4, 0.5) is 9.59 Å². The van der Waals surface area contributed by atoms with Crippen LogP contribution in [0.25, 0.3) is 10.9 Å². The fourth-order valence-corrected chi connectivity index (χ4v) is 9.73. The number of aliphatic hydroxyl groups excluding tert-OH is 1. The molecule has 4 fully saturated rings. The lowest BCUT2D eigenvalue weighted by molar-refractivity contribution is -0.292. The van der Waals surface area contributed by atoms with Crippen LogP contribution in [-0.4, -0.2) is 137 Å². The third-order valence-electron chi connectivity index (χ3n) is 12.9. The van der Waals surface area contributed by atoms with Crippen molar-refractivity contribution in [1.82, 2.24) is 20.1 Å². The second-order valence-electron chi connectivity index (χ2n) is 17.8. The number of pyridine rings is 1. The van der Waals surface area contributed by atoms with E-state index in [-0.39, 0.29) is 50.4 Å². The Morgan fingerprint density at radius 2 is 1.73 bits per heavy atom. The summed E-state index contributed by atoms with van der Waals surface area (Å²) >= 11 is 0. The lowest BCUT2D eigenvalue weighted by Crippen LogP contribution is -2.60. The Bertz CT molecular complexity index is 1990. The van der Waals surface area contributed by atoms with Gasteiger partial charge < -0.3 is 39.0 Å². The van der Waals surface area contributed by atoms with E-state index < -0.39 is 89.5 Å². The SMILES string of the molecule is CC[C@H]1OC(=O)[C@H](C)C(=O)[C@H](C)[C@@H](O[C@@H]2O[C@H](C)C[C@H](N(C)C)[C@H]2O)[C@@]2(C)C[C@@H](C)C(=O)[C@H](C)[C@@H]3N(CC(=NCc4cnc5ccccc5c4)CNC(=O)O2)C(=O)O[C@@]31C. The van der Waals surface area contributed by atoms with Crippen molar-refractivity contribution in [3.8, 4) is 0 Å². The predicted molar refractivity (Wildman–Crippen MR) is 220 cm³/mol. The molecule has 2 bridgehead atoms. The second-order valence-corrected chi connectivity index (χ2v) is 17.8. The van der Waals surface area contributed by atoms with Gasteiger partial charge in [0.15, 0.2) is 17.7 Å². The lowest BCUT2D eigenvalue weighted by atomic mass is 9.73. The molecule has 1 aromatic heterocycles. The summed E-state index contributed by atoms with van der Waals surface area (Å²) in [6.07, 6.45) is -4.59. The Hall–Kier alpha value is -4.51. The summed E-state index contributed by atoms with van der Waals surface area (Å²) in [5.41, 5.74) is -1.31. The monoisotopic (exact) mass is 835 g/mol. The highest BCUT2D eigenvalue weighted by atomic mass is 16.7. The van der Waals surface area contributed by atoms with Crippen molar-refractivity contribution in [2.45, 2.75) is 135 Å². The Morgan fingerprint density at radius 1 is 1.02 bits per heavy atom. The number of amides is 2. The summed E-state index contributed by atoms with van der Waals surface area (Å²) in [7, 11) is 3.66. The number of esters is 1. The molecule has 5 heterocycles. The maximum atomic E-state index is 14.8. The van der Waals surface area contributed by atoms with Gasteiger partial charge in [-0.1, -0.05) is 45.9 Å². The van der Waals surface area contributed by atoms with Gasteiger partial charge >= 0.3 is 18.2 Å². The van der Waals surface area contributed by atoms with E-state index >= 15 is 0 Å². The minimum absolute atomic E-state index is 0.133. The maximum Gasteiger partial charge on any atom is 0.411 e. The summed E-state index contributed by atoms with van der Waals surface area (Å²) in [5, 5.41) is 15.3. The number of carbonyl (C=O) groups is 5. The molecule has 2 N–H and O–H groups in total. The van der Waals surface area contributed by atoms with E-state index in [1.165, 1.54) is 11.8 Å². The molecular weight excluding hydrogens is 775 g/mol. The zero-order valence-electron chi connectivity index (χ0n) is 36.4. The summed E-state index contributed by atoms with van der Waals surface area (Å²) < 4.78 is 31.4. The van der Waals surface area contributed by atoms with E-state index in [0.717, 1.165) is 16.5 Å². The summed E-state index contributed by atoms with van der Waals surface area (Å²) in [6, 6.07) is 8.29. The molecule has 1 aromatic carbocycles. The van der Waals surface area contributed by atoms with Gasteiger partial charge in [0.05, 0.1) is 43.0 Å². The van der Waals surface area contributed by atoms with Crippen LogP contribution in [0.5, 0.6) is 0 Å². The fourth-order valence-electron chi connectivity index (χ4n) is 9.73. The Labute approximate surface area is 351 Å². The number of ether oxygens (including phenoxy) is 5. The van der Waals surface area contributed by atoms with E-state index in [1.54, 1.807) is 47.7 Å². The molecule has 0 radical (unpaired) electrons.